The molecule has 19 heavy (non-hydrogen) atoms. The van der Waals surface area contributed by atoms with Crippen LogP contribution >= 0.6 is 0 Å². The number of nitrogens with zero attached hydrogens (tertiary/aromatic N) is 1. The van der Waals surface area contributed by atoms with Crippen molar-refractivity contribution in [1.29, 1.82) is 0 Å². The van der Waals surface area contributed by atoms with Crippen LogP contribution in [0.4, 0.5) is 0 Å². The number of carbonyl (C=O) groups excluding carboxylic acids is 2. The molecule has 110 valence electrons. The van der Waals surface area contributed by atoms with Crippen LogP contribution in [-0.2, 0) is 20.4 Å². The Labute approximate surface area is 117 Å². The molecule has 1 heterocycles. The molecule has 3 atom stereocenters. The minimum atomic E-state index is -0.881. The first-order valence-corrected chi connectivity index (χ1v) is 8.38. The third-order valence-electron chi connectivity index (χ3n) is 3.53. The van der Waals surface area contributed by atoms with Crippen LogP contribution in [0.5, 0.6) is 0 Å². The van der Waals surface area contributed by atoms with Crippen molar-refractivity contribution in [1.82, 2.24) is 10.2 Å². The highest BCUT2D eigenvalue weighted by Gasteiger charge is 2.45. The Kier molecular flexibility index (Phi) is 5.12. The Morgan fingerprint density at radius 1 is 1.42 bits per heavy atom. The monoisotopic (exact) mass is 288 g/mol. The second kappa shape index (κ2) is 6.03. The molecular weight excluding hydrogens is 264 g/mol. The molecule has 1 N–H and O–H groups in total. The first-order valence-electron chi connectivity index (χ1n) is 6.65. The normalized spacial score (nSPS) is 25.9. The molecule has 0 bridgehead atoms. The van der Waals surface area contributed by atoms with Crippen molar-refractivity contribution >= 4 is 22.6 Å². The highest BCUT2D eigenvalue weighted by molar-refractivity contribution is 7.84. The summed E-state index contributed by atoms with van der Waals surface area (Å²) < 4.78 is 11.2. The molecule has 6 heteroatoms. The maximum atomic E-state index is 12.5. The summed E-state index contributed by atoms with van der Waals surface area (Å²) in [4.78, 5) is 26.2. The number of nitrogens with one attached hydrogen (secondary N) is 1. The fourth-order valence-electron chi connectivity index (χ4n) is 2.40. The molecule has 5 nitrogen and oxygen atoms in total. The maximum absolute atomic E-state index is 12.5. The minimum absolute atomic E-state index is 0.0617. The van der Waals surface area contributed by atoms with E-state index in [1.807, 2.05) is 13.8 Å². The van der Waals surface area contributed by atoms with E-state index < -0.39 is 22.4 Å². The van der Waals surface area contributed by atoms with E-state index in [2.05, 4.69) is 5.32 Å². The molecule has 1 saturated heterocycles. The molecule has 0 radical (unpaired) electrons. The minimum Gasteiger partial charge on any atom is -0.340 e. The highest BCUT2D eigenvalue weighted by atomic mass is 32.2. The standard InChI is InChI=1S/C13H24N2O3S/c1-6-10-11(16)14-13(3,4)12(17)15(10)9(2)7-8-19(5)18/h9-10H,6-8H2,1-5H3,(H,14,16). The number of carbonyl (C=O) groups is 2. The average molecular weight is 288 g/mol. The van der Waals surface area contributed by atoms with Crippen molar-refractivity contribution in [3.8, 4) is 0 Å². The van der Waals surface area contributed by atoms with E-state index in [0.29, 0.717) is 18.6 Å². The summed E-state index contributed by atoms with van der Waals surface area (Å²) in [6.07, 6.45) is 2.89. The Hall–Kier alpha value is -0.910. The number of piperazine rings is 1. The lowest BCUT2D eigenvalue weighted by Gasteiger charge is -2.45. The Morgan fingerprint density at radius 2 is 2.00 bits per heavy atom. The quantitative estimate of drug-likeness (QED) is 0.808. The van der Waals surface area contributed by atoms with Gasteiger partial charge in [-0.05, 0) is 33.6 Å². The first kappa shape index (κ1) is 16.1. The van der Waals surface area contributed by atoms with Gasteiger partial charge in [0.25, 0.3) is 0 Å². The van der Waals surface area contributed by atoms with Gasteiger partial charge in [-0.2, -0.15) is 0 Å². The summed E-state index contributed by atoms with van der Waals surface area (Å²) in [6, 6.07) is -0.493. The van der Waals surface area contributed by atoms with Gasteiger partial charge in [0.05, 0.1) is 0 Å². The van der Waals surface area contributed by atoms with E-state index in [9.17, 15) is 13.8 Å². The number of amides is 2. The predicted octanol–water partition coefficient (Wildman–Crippen LogP) is 0.659. The molecule has 2 amide bonds. The van der Waals surface area contributed by atoms with Crippen molar-refractivity contribution in [3.63, 3.8) is 0 Å². The molecule has 1 fully saturated rings. The Balaban J connectivity index is 2.93. The molecule has 1 rings (SSSR count). The Morgan fingerprint density at radius 3 is 2.47 bits per heavy atom. The van der Waals surface area contributed by atoms with Gasteiger partial charge in [-0.3, -0.25) is 13.8 Å². The van der Waals surface area contributed by atoms with Crippen LogP contribution in [-0.4, -0.2) is 50.6 Å². The smallest absolute Gasteiger partial charge is 0.248 e. The summed E-state index contributed by atoms with van der Waals surface area (Å²) >= 11 is 0. The molecule has 0 aromatic carbocycles. The number of hydrogen-bond donors (Lipinski definition) is 1. The zero-order chi connectivity index (χ0) is 14.8. The molecule has 0 aliphatic carbocycles. The van der Waals surface area contributed by atoms with Gasteiger partial charge in [0.15, 0.2) is 0 Å². The van der Waals surface area contributed by atoms with E-state index in [0.717, 1.165) is 0 Å². The van der Waals surface area contributed by atoms with E-state index in [-0.39, 0.29) is 17.9 Å². The first-order chi connectivity index (χ1) is 8.70. The fourth-order valence-corrected chi connectivity index (χ4v) is 3.07. The van der Waals surface area contributed by atoms with Gasteiger partial charge in [0, 0.05) is 28.9 Å². The summed E-state index contributed by atoms with van der Waals surface area (Å²) in [5.41, 5.74) is -0.859. The van der Waals surface area contributed by atoms with Gasteiger partial charge < -0.3 is 10.2 Å². The SMILES string of the molecule is CCC1C(=O)NC(C)(C)C(=O)N1C(C)CCS(C)=O. The van der Waals surface area contributed by atoms with Gasteiger partial charge in [0.1, 0.15) is 11.6 Å². The van der Waals surface area contributed by atoms with Crippen LogP contribution in [0.15, 0.2) is 0 Å². The fraction of sp³-hybridized carbons (Fsp3) is 0.846. The van der Waals surface area contributed by atoms with Crippen LogP contribution in [0.2, 0.25) is 0 Å². The lowest BCUT2D eigenvalue weighted by Crippen LogP contribution is -2.69. The molecule has 1 aliphatic rings. The number of rotatable bonds is 5. The maximum Gasteiger partial charge on any atom is 0.248 e. The van der Waals surface area contributed by atoms with E-state index in [1.165, 1.54) is 0 Å². The van der Waals surface area contributed by atoms with E-state index in [4.69, 9.17) is 0 Å². The second-order valence-electron chi connectivity index (χ2n) is 5.67. The van der Waals surface area contributed by atoms with Crippen LogP contribution in [0.1, 0.15) is 40.5 Å². The molecule has 0 aromatic rings. The van der Waals surface area contributed by atoms with Gasteiger partial charge in [-0.25, -0.2) is 0 Å². The molecule has 0 aromatic heterocycles. The summed E-state index contributed by atoms with van der Waals surface area (Å²) in [5.74, 6) is 0.383. The second-order valence-corrected chi connectivity index (χ2v) is 7.22. The molecule has 3 unspecified atom stereocenters. The zero-order valence-corrected chi connectivity index (χ0v) is 13.2. The highest BCUT2D eigenvalue weighted by Crippen LogP contribution is 2.23. The number of hydrogen-bond acceptors (Lipinski definition) is 3. The van der Waals surface area contributed by atoms with E-state index >= 15 is 0 Å². The summed E-state index contributed by atoms with van der Waals surface area (Å²) in [7, 11) is -0.881. The largest absolute Gasteiger partial charge is 0.340 e. The third-order valence-corrected chi connectivity index (χ3v) is 4.34. The van der Waals surface area contributed by atoms with Crippen molar-refractivity contribution < 1.29 is 13.8 Å². The molecule has 0 saturated carbocycles. The van der Waals surface area contributed by atoms with E-state index in [1.54, 1.807) is 25.0 Å². The van der Waals surface area contributed by atoms with Crippen LogP contribution in [0.25, 0.3) is 0 Å². The summed E-state index contributed by atoms with van der Waals surface area (Å²) in [6.45, 7) is 7.25. The third kappa shape index (κ3) is 3.55. The zero-order valence-electron chi connectivity index (χ0n) is 12.4. The van der Waals surface area contributed by atoms with Crippen molar-refractivity contribution in [2.75, 3.05) is 12.0 Å². The van der Waals surface area contributed by atoms with Gasteiger partial charge in [0.2, 0.25) is 11.8 Å². The van der Waals surface area contributed by atoms with Crippen molar-refractivity contribution in [2.24, 2.45) is 0 Å². The Bertz CT molecular complexity index is 395. The average Bonchev–Trinajstić information content (AvgIpc) is 2.29. The van der Waals surface area contributed by atoms with Crippen molar-refractivity contribution in [2.45, 2.75) is 58.2 Å². The topological polar surface area (TPSA) is 66.5 Å². The molecule has 1 aliphatic heterocycles. The summed E-state index contributed by atoms with van der Waals surface area (Å²) in [5, 5.41) is 2.77. The van der Waals surface area contributed by atoms with Gasteiger partial charge >= 0.3 is 0 Å². The molecular formula is C13H24N2O3S. The lowest BCUT2D eigenvalue weighted by atomic mass is 9.93. The molecule has 0 spiro atoms. The van der Waals surface area contributed by atoms with Crippen molar-refractivity contribution in [3.05, 3.63) is 0 Å². The van der Waals surface area contributed by atoms with Gasteiger partial charge in [-0.1, -0.05) is 6.92 Å². The lowest BCUT2D eigenvalue weighted by molar-refractivity contribution is -0.156. The van der Waals surface area contributed by atoms with Crippen LogP contribution < -0.4 is 5.32 Å². The predicted molar refractivity (Wildman–Crippen MR) is 76.2 cm³/mol. The van der Waals surface area contributed by atoms with Crippen LogP contribution in [0, 0.1) is 0 Å². The van der Waals surface area contributed by atoms with Crippen LogP contribution in [0.3, 0.4) is 0 Å². The van der Waals surface area contributed by atoms with Gasteiger partial charge in [-0.15, -0.1) is 0 Å².